The fraction of sp³-hybridized carbons (Fsp3) is 0.778. The van der Waals surface area contributed by atoms with Crippen LogP contribution < -0.4 is 5.32 Å². The molecule has 2 bridgehead atoms. The van der Waals surface area contributed by atoms with Crippen molar-refractivity contribution in [3.63, 3.8) is 0 Å². The molecule has 0 saturated heterocycles. The molecule has 1 heteroatoms. The molecule has 0 aromatic rings. The summed E-state index contributed by atoms with van der Waals surface area (Å²) in [6, 6.07) is 0.781. The van der Waals surface area contributed by atoms with E-state index in [0.717, 1.165) is 17.9 Å². The Morgan fingerprint density at radius 2 is 2.20 bits per heavy atom. The summed E-state index contributed by atoms with van der Waals surface area (Å²) in [7, 11) is 2.08. The smallest absolute Gasteiger partial charge is 0.0132 e. The Hall–Kier alpha value is -0.300. The summed E-state index contributed by atoms with van der Waals surface area (Å²) < 4.78 is 0. The van der Waals surface area contributed by atoms with E-state index in [1.165, 1.54) is 19.3 Å². The van der Waals surface area contributed by atoms with Crippen LogP contribution >= 0.6 is 0 Å². The van der Waals surface area contributed by atoms with Crippen molar-refractivity contribution in [3.8, 4) is 0 Å². The summed E-state index contributed by atoms with van der Waals surface area (Å²) in [5, 5.41) is 3.38. The minimum atomic E-state index is 0.781. The van der Waals surface area contributed by atoms with Crippen LogP contribution in [-0.2, 0) is 0 Å². The van der Waals surface area contributed by atoms with Crippen LogP contribution in [0.5, 0.6) is 0 Å². The quantitative estimate of drug-likeness (QED) is 0.541. The van der Waals surface area contributed by atoms with Gasteiger partial charge in [0.1, 0.15) is 0 Å². The lowest BCUT2D eigenvalue weighted by Crippen LogP contribution is -2.40. The Bertz CT molecular complexity index is 151. The summed E-state index contributed by atoms with van der Waals surface area (Å²) in [6.07, 6.45) is 9.02. The Labute approximate surface area is 62.5 Å². The van der Waals surface area contributed by atoms with Gasteiger partial charge in [0.2, 0.25) is 0 Å². The molecular weight excluding hydrogens is 122 g/mol. The van der Waals surface area contributed by atoms with Crippen molar-refractivity contribution in [3.05, 3.63) is 12.2 Å². The second kappa shape index (κ2) is 2.39. The molecule has 1 saturated carbocycles. The van der Waals surface area contributed by atoms with Crippen LogP contribution in [-0.4, -0.2) is 13.1 Å². The second-order valence-corrected chi connectivity index (χ2v) is 3.52. The number of fused-ring (bicyclic) bond motifs is 2. The zero-order valence-corrected chi connectivity index (χ0v) is 6.51. The minimum Gasteiger partial charge on any atom is -0.316 e. The van der Waals surface area contributed by atoms with Gasteiger partial charge in [-0.1, -0.05) is 12.2 Å². The van der Waals surface area contributed by atoms with Crippen LogP contribution in [0.15, 0.2) is 12.2 Å². The average Bonchev–Trinajstić information content (AvgIpc) is 2.06. The lowest BCUT2D eigenvalue weighted by molar-refractivity contribution is 0.256. The van der Waals surface area contributed by atoms with E-state index in [9.17, 15) is 0 Å². The molecular formula is C9H15N. The van der Waals surface area contributed by atoms with Gasteiger partial charge in [-0.2, -0.15) is 0 Å². The number of hydrogen-bond acceptors (Lipinski definition) is 1. The molecule has 1 nitrogen and oxygen atoms in total. The maximum absolute atomic E-state index is 3.38. The molecule has 56 valence electrons. The number of rotatable bonds is 1. The van der Waals surface area contributed by atoms with Gasteiger partial charge < -0.3 is 5.32 Å². The maximum Gasteiger partial charge on any atom is 0.0132 e. The van der Waals surface area contributed by atoms with E-state index in [0.29, 0.717) is 0 Å². The first-order valence-corrected chi connectivity index (χ1v) is 4.26. The van der Waals surface area contributed by atoms with Crippen LogP contribution in [0, 0.1) is 11.8 Å². The third-order valence-corrected chi connectivity index (χ3v) is 2.95. The molecule has 0 aromatic heterocycles. The van der Waals surface area contributed by atoms with E-state index in [2.05, 4.69) is 24.5 Å². The van der Waals surface area contributed by atoms with Gasteiger partial charge in [0.05, 0.1) is 0 Å². The summed E-state index contributed by atoms with van der Waals surface area (Å²) >= 11 is 0. The van der Waals surface area contributed by atoms with Gasteiger partial charge >= 0.3 is 0 Å². The van der Waals surface area contributed by atoms with Gasteiger partial charge in [0.25, 0.3) is 0 Å². The molecule has 0 radical (unpaired) electrons. The molecule has 0 aliphatic heterocycles. The maximum atomic E-state index is 3.38. The molecule has 0 heterocycles. The zero-order valence-electron chi connectivity index (χ0n) is 6.51. The first-order chi connectivity index (χ1) is 4.90. The Balaban J connectivity index is 2.11. The highest BCUT2D eigenvalue weighted by Crippen LogP contribution is 2.35. The molecule has 1 unspecified atom stereocenters. The van der Waals surface area contributed by atoms with E-state index in [1.54, 1.807) is 0 Å². The predicted octanol–water partition coefficient (Wildman–Crippen LogP) is 1.56. The summed E-state index contributed by atoms with van der Waals surface area (Å²) in [5.41, 5.74) is 0. The normalized spacial score (nSPS) is 44.3. The number of hydrogen-bond donors (Lipinski definition) is 1. The standard InChI is InChI=1S/C9H15N/c1-10-9-6-7-2-4-8(9)5-3-7/h2,4,7-10H,3,5-6H2,1H3/t7-,8+,9?/m0/s1. The Kier molecular flexibility index (Phi) is 1.53. The summed E-state index contributed by atoms with van der Waals surface area (Å²) in [5.74, 6) is 1.73. The fourth-order valence-corrected chi connectivity index (χ4v) is 2.26. The molecule has 1 fully saturated rings. The van der Waals surface area contributed by atoms with Gasteiger partial charge in [0.15, 0.2) is 0 Å². The van der Waals surface area contributed by atoms with Crippen LogP contribution in [0.25, 0.3) is 0 Å². The van der Waals surface area contributed by atoms with Gasteiger partial charge in [-0.25, -0.2) is 0 Å². The van der Waals surface area contributed by atoms with Crippen LogP contribution in [0.2, 0.25) is 0 Å². The summed E-state index contributed by atoms with van der Waals surface area (Å²) in [6.45, 7) is 0. The minimum absolute atomic E-state index is 0.781. The fourth-order valence-electron chi connectivity index (χ4n) is 2.26. The zero-order chi connectivity index (χ0) is 6.97. The van der Waals surface area contributed by atoms with Crippen molar-refractivity contribution in [2.24, 2.45) is 11.8 Å². The monoisotopic (exact) mass is 137 g/mol. The van der Waals surface area contributed by atoms with Crippen molar-refractivity contribution < 1.29 is 0 Å². The number of nitrogens with one attached hydrogen (secondary N) is 1. The Morgan fingerprint density at radius 3 is 2.50 bits per heavy atom. The van der Waals surface area contributed by atoms with Crippen molar-refractivity contribution >= 4 is 0 Å². The third kappa shape index (κ3) is 0.891. The lowest BCUT2D eigenvalue weighted by Gasteiger charge is -2.37. The molecule has 1 N–H and O–H groups in total. The lowest BCUT2D eigenvalue weighted by atomic mass is 9.73. The highest BCUT2D eigenvalue weighted by molar-refractivity contribution is 5.08. The van der Waals surface area contributed by atoms with Gasteiger partial charge in [-0.05, 0) is 38.1 Å². The van der Waals surface area contributed by atoms with Crippen molar-refractivity contribution in [2.75, 3.05) is 7.05 Å². The van der Waals surface area contributed by atoms with Crippen molar-refractivity contribution in [1.82, 2.24) is 5.32 Å². The Morgan fingerprint density at radius 1 is 1.30 bits per heavy atom. The topological polar surface area (TPSA) is 12.0 Å². The molecule has 10 heavy (non-hydrogen) atoms. The van der Waals surface area contributed by atoms with Crippen molar-refractivity contribution in [2.45, 2.75) is 25.3 Å². The van der Waals surface area contributed by atoms with E-state index < -0.39 is 0 Å². The van der Waals surface area contributed by atoms with Gasteiger partial charge in [-0.3, -0.25) is 0 Å². The number of allylic oxidation sites excluding steroid dienone is 1. The predicted molar refractivity (Wildman–Crippen MR) is 42.8 cm³/mol. The molecule has 0 spiro atoms. The first kappa shape index (κ1) is 6.41. The SMILES string of the molecule is CNC1C[C@H]2C=C[C@@H]1CC2. The largest absolute Gasteiger partial charge is 0.316 e. The van der Waals surface area contributed by atoms with Crippen molar-refractivity contribution in [1.29, 1.82) is 0 Å². The van der Waals surface area contributed by atoms with Crippen LogP contribution in [0.4, 0.5) is 0 Å². The second-order valence-electron chi connectivity index (χ2n) is 3.52. The molecule has 3 aliphatic carbocycles. The molecule has 3 rings (SSSR count). The van der Waals surface area contributed by atoms with Crippen LogP contribution in [0.1, 0.15) is 19.3 Å². The molecule has 0 aromatic carbocycles. The average molecular weight is 137 g/mol. The molecule has 3 aliphatic rings. The van der Waals surface area contributed by atoms with Gasteiger partial charge in [0, 0.05) is 6.04 Å². The van der Waals surface area contributed by atoms with Gasteiger partial charge in [-0.15, -0.1) is 0 Å². The first-order valence-electron chi connectivity index (χ1n) is 4.26. The molecule has 0 amide bonds. The van der Waals surface area contributed by atoms with Crippen LogP contribution in [0.3, 0.4) is 0 Å². The highest BCUT2D eigenvalue weighted by Gasteiger charge is 2.30. The van der Waals surface area contributed by atoms with E-state index in [1.807, 2.05) is 0 Å². The van der Waals surface area contributed by atoms with E-state index in [4.69, 9.17) is 0 Å². The van der Waals surface area contributed by atoms with E-state index >= 15 is 0 Å². The summed E-state index contributed by atoms with van der Waals surface area (Å²) in [4.78, 5) is 0. The third-order valence-electron chi connectivity index (χ3n) is 2.95. The highest BCUT2D eigenvalue weighted by atomic mass is 14.9. The van der Waals surface area contributed by atoms with E-state index in [-0.39, 0.29) is 0 Å². The molecule has 3 atom stereocenters.